The Morgan fingerprint density at radius 3 is 2.95 bits per heavy atom. The van der Waals surface area contributed by atoms with Gasteiger partial charge >= 0.3 is 5.97 Å². The Balaban J connectivity index is 1.70. The lowest BCUT2D eigenvalue weighted by atomic mass is 10.2. The second-order valence-corrected chi connectivity index (χ2v) is 4.31. The summed E-state index contributed by atoms with van der Waals surface area (Å²) in [4.78, 5) is 14.7. The quantitative estimate of drug-likeness (QED) is 0.887. The molecule has 0 spiro atoms. The van der Waals surface area contributed by atoms with Crippen LogP contribution in [0.3, 0.4) is 0 Å². The molecule has 0 aliphatic carbocycles. The Morgan fingerprint density at radius 1 is 1.25 bits per heavy atom. The minimum atomic E-state index is -0.996. The molecule has 6 nitrogen and oxygen atoms in total. The number of nitrogens with one attached hydrogen (secondary N) is 1. The molecule has 6 heteroatoms. The maximum Gasteiger partial charge on any atom is 0.337 e. The molecule has 0 fully saturated rings. The predicted octanol–water partition coefficient (Wildman–Crippen LogP) is 2.12. The Kier molecular flexibility index (Phi) is 3.12. The normalized spacial score (nSPS) is 12.2. The van der Waals surface area contributed by atoms with Crippen LogP contribution in [0, 0.1) is 0 Å². The highest BCUT2D eigenvalue weighted by Crippen LogP contribution is 2.32. The molecule has 0 amide bonds. The number of hydrogen-bond acceptors (Lipinski definition) is 5. The number of nitrogens with zero attached hydrogens (tertiary/aromatic N) is 1. The van der Waals surface area contributed by atoms with E-state index in [1.54, 1.807) is 12.3 Å². The van der Waals surface area contributed by atoms with E-state index in [4.69, 9.17) is 14.6 Å². The van der Waals surface area contributed by atoms with Crippen LogP contribution in [0.25, 0.3) is 0 Å². The van der Waals surface area contributed by atoms with Crippen molar-refractivity contribution < 1.29 is 19.4 Å². The molecule has 20 heavy (non-hydrogen) atoms. The average Bonchev–Trinajstić information content (AvgIpc) is 2.93. The van der Waals surface area contributed by atoms with Crippen molar-refractivity contribution in [2.45, 2.75) is 6.54 Å². The first-order valence-corrected chi connectivity index (χ1v) is 6.03. The van der Waals surface area contributed by atoms with Gasteiger partial charge in [0.2, 0.25) is 6.79 Å². The minimum Gasteiger partial charge on any atom is -0.478 e. The molecule has 0 saturated heterocycles. The zero-order valence-corrected chi connectivity index (χ0v) is 10.5. The van der Waals surface area contributed by atoms with Crippen LogP contribution < -0.4 is 14.8 Å². The van der Waals surface area contributed by atoms with Crippen LogP contribution >= 0.6 is 0 Å². The van der Waals surface area contributed by atoms with Crippen LogP contribution in [-0.4, -0.2) is 22.9 Å². The lowest BCUT2D eigenvalue weighted by molar-refractivity contribution is 0.0696. The monoisotopic (exact) mass is 272 g/mol. The summed E-state index contributed by atoms with van der Waals surface area (Å²) in [5.74, 6) is 0.467. The van der Waals surface area contributed by atoms with Crippen LogP contribution in [0.5, 0.6) is 11.5 Å². The number of fused-ring (bicyclic) bond motifs is 1. The van der Waals surface area contributed by atoms with E-state index >= 15 is 0 Å². The summed E-state index contributed by atoms with van der Waals surface area (Å²) in [7, 11) is 0. The molecule has 2 heterocycles. The molecule has 2 N–H and O–H groups in total. The van der Waals surface area contributed by atoms with Gasteiger partial charge in [0, 0.05) is 18.9 Å². The van der Waals surface area contributed by atoms with Crippen molar-refractivity contribution in [1.29, 1.82) is 0 Å². The summed E-state index contributed by atoms with van der Waals surface area (Å²) in [5, 5.41) is 12.0. The Hall–Kier alpha value is -2.76. The summed E-state index contributed by atoms with van der Waals surface area (Å²) in [6.45, 7) is 0.790. The first-order valence-electron chi connectivity index (χ1n) is 6.03. The van der Waals surface area contributed by atoms with Gasteiger partial charge < -0.3 is 19.9 Å². The van der Waals surface area contributed by atoms with Crippen LogP contribution in [0.4, 0.5) is 5.69 Å². The molecule has 102 valence electrons. The van der Waals surface area contributed by atoms with Gasteiger partial charge in [-0.25, -0.2) is 4.79 Å². The van der Waals surface area contributed by atoms with E-state index in [-0.39, 0.29) is 12.4 Å². The average molecular weight is 272 g/mol. The molecule has 1 aromatic carbocycles. The largest absolute Gasteiger partial charge is 0.478 e. The fourth-order valence-electron chi connectivity index (χ4n) is 1.91. The van der Waals surface area contributed by atoms with Gasteiger partial charge in [-0.15, -0.1) is 0 Å². The van der Waals surface area contributed by atoms with Crippen molar-refractivity contribution >= 4 is 11.7 Å². The number of aromatic carboxylic acids is 1. The smallest absolute Gasteiger partial charge is 0.337 e. The SMILES string of the molecule is O=C(O)c1cncc(NCc2ccc3c(c2)OCO3)c1. The van der Waals surface area contributed by atoms with Crippen LogP contribution in [0.15, 0.2) is 36.7 Å². The van der Waals surface area contributed by atoms with Gasteiger partial charge in [0.05, 0.1) is 11.3 Å². The van der Waals surface area contributed by atoms with E-state index in [1.165, 1.54) is 6.20 Å². The fourth-order valence-corrected chi connectivity index (χ4v) is 1.91. The van der Waals surface area contributed by atoms with Crippen molar-refractivity contribution in [3.8, 4) is 11.5 Å². The maximum atomic E-state index is 10.9. The van der Waals surface area contributed by atoms with Gasteiger partial charge in [0.15, 0.2) is 11.5 Å². The molecule has 0 unspecified atom stereocenters. The molecule has 0 bridgehead atoms. The lowest BCUT2D eigenvalue weighted by Gasteiger charge is -2.07. The highest BCUT2D eigenvalue weighted by Gasteiger charge is 2.13. The van der Waals surface area contributed by atoms with E-state index in [2.05, 4.69) is 10.3 Å². The summed E-state index contributed by atoms with van der Waals surface area (Å²) >= 11 is 0. The second-order valence-electron chi connectivity index (χ2n) is 4.31. The summed E-state index contributed by atoms with van der Waals surface area (Å²) in [6, 6.07) is 7.21. The Morgan fingerprint density at radius 2 is 2.10 bits per heavy atom. The van der Waals surface area contributed by atoms with Gasteiger partial charge in [-0.2, -0.15) is 0 Å². The predicted molar refractivity (Wildman–Crippen MR) is 71.1 cm³/mol. The third-order valence-corrected chi connectivity index (χ3v) is 2.92. The standard InChI is InChI=1S/C14H12N2O4/c17-14(18)10-4-11(7-15-6-10)16-5-9-1-2-12-13(3-9)20-8-19-12/h1-4,6-7,16H,5,8H2,(H,17,18). The minimum absolute atomic E-state index is 0.153. The number of carboxylic acids is 1. The highest BCUT2D eigenvalue weighted by atomic mass is 16.7. The second kappa shape index (κ2) is 5.08. The van der Waals surface area contributed by atoms with Crippen LogP contribution in [0.2, 0.25) is 0 Å². The van der Waals surface area contributed by atoms with E-state index in [9.17, 15) is 4.79 Å². The van der Waals surface area contributed by atoms with Crippen LogP contribution in [0.1, 0.15) is 15.9 Å². The van der Waals surface area contributed by atoms with Gasteiger partial charge in [0.25, 0.3) is 0 Å². The number of carboxylic acid groups (broad SMARTS) is 1. The number of benzene rings is 1. The molecule has 1 aromatic heterocycles. The summed E-state index contributed by atoms with van der Waals surface area (Å²) in [5.41, 5.74) is 1.82. The molecule has 0 radical (unpaired) electrons. The Labute approximate surface area is 115 Å². The van der Waals surface area contributed by atoms with Gasteiger partial charge in [-0.1, -0.05) is 6.07 Å². The number of pyridine rings is 1. The zero-order chi connectivity index (χ0) is 13.9. The number of carbonyl (C=O) groups is 1. The van der Waals surface area contributed by atoms with Crippen LogP contribution in [-0.2, 0) is 6.54 Å². The third-order valence-electron chi connectivity index (χ3n) is 2.92. The number of ether oxygens (including phenoxy) is 2. The number of anilines is 1. The van der Waals surface area contributed by atoms with Crippen molar-refractivity contribution in [1.82, 2.24) is 4.98 Å². The summed E-state index contributed by atoms with van der Waals surface area (Å²) < 4.78 is 10.5. The number of aromatic nitrogens is 1. The lowest BCUT2D eigenvalue weighted by Crippen LogP contribution is -2.03. The highest BCUT2D eigenvalue weighted by molar-refractivity contribution is 5.88. The molecular formula is C14H12N2O4. The van der Waals surface area contributed by atoms with E-state index < -0.39 is 5.97 Å². The van der Waals surface area contributed by atoms with Crippen molar-refractivity contribution in [3.05, 3.63) is 47.8 Å². The zero-order valence-electron chi connectivity index (χ0n) is 10.5. The molecule has 1 aliphatic rings. The molecule has 1 aliphatic heterocycles. The van der Waals surface area contributed by atoms with E-state index in [0.717, 1.165) is 17.1 Å². The van der Waals surface area contributed by atoms with Gasteiger partial charge in [0.1, 0.15) is 0 Å². The summed E-state index contributed by atoms with van der Waals surface area (Å²) in [6.07, 6.45) is 2.90. The Bertz CT molecular complexity index is 657. The molecule has 3 rings (SSSR count). The molecule has 0 saturated carbocycles. The van der Waals surface area contributed by atoms with Gasteiger partial charge in [-0.05, 0) is 23.8 Å². The van der Waals surface area contributed by atoms with Crippen molar-refractivity contribution in [2.24, 2.45) is 0 Å². The van der Waals surface area contributed by atoms with E-state index in [1.807, 2.05) is 18.2 Å². The third kappa shape index (κ3) is 2.49. The van der Waals surface area contributed by atoms with Gasteiger partial charge in [-0.3, -0.25) is 4.98 Å². The first-order chi connectivity index (χ1) is 9.72. The number of rotatable bonds is 4. The van der Waals surface area contributed by atoms with Crippen molar-refractivity contribution in [3.63, 3.8) is 0 Å². The topological polar surface area (TPSA) is 80.7 Å². The molecule has 0 atom stereocenters. The first kappa shape index (κ1) is 12.3. The molecular weight excluding hydrogens is 260 g/mol. The molecule has 2 aromatic rings. The fraction of sp³-hybridized carbons (Fsp3) is 0.143. The number of hydrogen-bond donors (Lipinski definition) is 2. The van der Waals surface area contributed by atoms with E-state index in [0.29, 0.717) is 12.2 Å². The van der Waals surface area contributed by atoms with Crippen molar-refractivity contribution in [2.75, 3.05) is 12.1 Å². The maximum absolute atomic E-state index is 10.9.